The molecule has 0 aliphatic carbocycles. The summed E-state index contributed by atoms with van der Waals surface area (Å²) in [5.74, 6) is 0.326. The van der Waals surface area contributed by atoms with E-state index in [9.17, 15) is 13.2 Å². The van der Waals surface area contributed by atoms with Gasteiger partial charge in [-0.2, -0.15) is 0 Å². The largest absolute Gasteiger partial charge is 0.352 e. The summed E-state index contributed by atoms with van der Waals surface area (Å²) >= 11 is 0. The van der Waals surface area contributed by atoms with Gasteiger partial charge in [0, 0.05) is 37.4 Å². The summed E-state index contributed by atoms with van der Waals surface area (Å²) in [4.78, 5) is 18.7. The predicted molar refractivity (Wildman–Crippen MR) is 129 cm³/mol. The number of hydrogen-bond acceptors (Lipinski definition) is 5. The minimum absolute atomic E-state index is 0.119. The second-order valence-electron chi connectivity index (χ2n) is 8.10. The number of aryl methyl sites for hydroxylation is 1. The first-order chi connectivity index (χ1) is 15.9. The van der Waals surface area contributed by atoms with Crippen molar-refractivity contribution < 1.29 is 13.2 Å². The quantitative estimate of drug-likeness (QED) is 0.560. The van der Waals surface area contributed by atoms with Gasteiger partial charge >= 0.3 is 0 Å². The van der Waals surface area contributed by atoms with Gasteiger partial charge in [0.05, 0.1) is 0 Å². The molecule has 7 nitrogen and oxygen atoms in total. The van der Waals surface area contributed by atoms with Crippen LogP contribution >= 0.6 is 0 Å². The Morgan fingerprint density at radius 3 is 2.48 bits per heavy atom. The summed E-state index contributed by atoms with van der Waals surface area (Å²) in [7, 11) is -3.80. The lowest BCUT2D eigenvalue weighted by Crippen LogP contribution is -2.34. The molecule has 1 aliphatic heterocycles. The Balaban J connectivity index is 1.53. The molecule has 0 saturated carbocycles. The van der Waals surface area contributed by atoms with Gasteiger partial charge < -0.3 is 10.2 Å². The molecule has 4 rings (SSSR count). The maximum absolute atomic E-state index is 13.2. The number of aromatic nitrogens is 1. The molecule has 0 fully saturated rings. The summed E-state index contributed by atoms with van der Waals surface area (Å²) in [6.45, 7) is 5.72. The molecule has 2 aromatic carbocycles. The number of benzene rings is 2. The maximum Gasteiger partial charge on any atom is 0.251 e. The van der Waals surface area contributed by atoms with Crippen LogP contribution < -0.4 is 14.9 Å². The molecule has 0 bridgehead atoms. The van der Waals surface area contributed by atoms with Crippen LogP contribution in [0, 0.1) is 6.92 Å². The summed E-state index contributed by atoms with van der Waals surface area (Å²) in [5.41, 5.74) is 4.55. The van der Waals surface area contributed by atoms with Gasteiger partial charge in [0.15, 0.2) is 0 Å². The van der Waals surface area contributed by atoms with Crippen molar-refractivity contribution >= 4 is 21.7 Å². The molecule has 0 spiro atoms. The Morgan fingerprint density at radius 2 is 1.76 bits per heavy atom. The Bertz CT molecular complexity index is 1260. The predicted octanol–water partition coefficient (Wildman–Crippen LogP) is 3.18. The summed E-state index contributed by atoms with van der Waals surface area (Å²) in [6, 6.07) is 18.5. The van der Waals surface area contributed by atoms with Gasteiger partial charge in [-0.05, 0) is 61.2 Å². The lowest BCUT2D eigenvalue weighted by Gasteiger charge is -2.31. The molecule has 3 aromatic rings. The van der Waals surface area contributed by atoms with E-state index in [4.69, 9.17) is 0 Å². The fraction of sp³-hybridized carbons (Fsp3) is 0.280. The first-order valence-corrected chi connectivity index (χ1v) is 12.5. The van der Waals surface area contributed by atoms with E-state index in [1.807, 2.05) is 30.9 Å². The van der Waals surface area contributed by atoms with Crippen LogP contribution in [0.1, 0.15) is 39.7 Å². The van der Waals surface area contributed by atoms with Crippen LogP contribution in [0.3, 0.4) is 0 Å². The lowest BCUT2D eigenvalue weighted by molar-refractivity contribution is 0.0956. The Morgan fingerprint density at radius 1 is 1.03 bits per heavy atom. The van der Waals surface area contributed by atoms with Gasteiger partial charge in [-0.25, -0.2) is 18.1 Å². The first kappa shape index (κ1) is 22.9. The summed E-state index contributed by atoms with van der Waals surface area (Å²) in [6.07, 6.45) is 0.844. The smallest absolute Gasteiger partial charge is 0.251 e. The van der Waals surface area contributed by atoms with Crippen LogP contribution in [-0.4, -0.2) is 32.4 Å². The van der Waals surface area contributed by atoms with Gasteiger partial charge in [0.1, 0.15) is 10.7 Å². The monoisotopic (exact) mass is 464 g/mol. The third-order valence-electron chi connectivity index (χ3n) is 5.72. The van der Waals surface area contributed by atoms with Gasteiger partial charge in [0.2, 0.25) is 10.0 Å². The van der Waals surface area contributed by atoms with Crippen LogP contribution in [0.2, 0.25) is 0 Å². The molecule has 0 saturated heterocycles. The number of sulfonamides is 1. The number of nitrogens with zero attached hydrogens (tertiary/aromatic N) is 2. The highest BCUT2D eigenvalue weighted by Crippen LogP contribution is 2.29. The number of anilines is 1. The first-order valence-electron chi connectivity index (χ1n) is 11.0. The van der Waals surface area contributed by atoms with Gasteiger partial charge in [-0.15, -0.1) is 0 Å². The van der Waals surface area contributed by atoms with E-state index in [0.717, 1.165) is 17.7 Å². The van der Waals surface area contributed by atoms with Crippen molar-refractivity contribution in [1.82, 2.24) is 15.0 Å². The third-order valence-corrected chi connectivity index (χ3v) is 7.14. The molecule has 172 valence electrons. The van der Waals surface area contributed by atoms with Gasteiger partial charge in [-0.1, -0.05) is 36.4 Å². The number of nitrogens with one attached hydrogen (secondary N) is 2. The SMILES string of the molecule is CCNC(=O)c1ccc(CNS(=O)(=O)c2ccc(C)nc2N2CCc3ccccc3C2)cc1. The molecule has 1 aliphatic rings. The number of carbonyl (C=O) groups excluding carboxylic acids is 1. The van der Waals surface area contributed by atoms with Crippen molar-refractivity contribution in [3.8, 4) is 0 Å². The molecular weight excluding hydrogens is 436 g/mol. The van der Waals surface area contributed by atoms with E-state index in [1.165, 1.54) is 11.1 Å². The van der Waals surface area contributed by atoms with Crippen molar-refractivity contribution in [2.45, 2.75) is 38.3 Å². The number of carbonyl (C=O) groups is 1. The van der Waals surface area contributed by atoms with Gasteiger partial charge in [-0.3, -0.25) is 4.79 Å². The maximum atomic E-state index is 13.2. The Hall–Kier alpha value is -3.23. The van der Waals surface area contributed by atoms with E-state index in [2.05, 4.69) is 27.2 Å². The van der Waals surface area contributed by atoms with E-state index < -0.39 is 10.0 Å². The molecule has 0 atom stereocenters. The highest BCUT2D eigenvalue weighted by molar-refractivity contribution is 7.89. The number of rotatable bonds is 7. The number of hydrogen-bond donors (Lipinski definition) is 2. The van der Waals surface area contributed by atoms with Crippen LogP contribution in [-0.2, 0) is 29.5 Å². The standard InChI is InChI=1S/C25H28N4O3S/c1-3-26-25(30)21-11-9-19(10-12-21)16-27-33(31,32)23-13-8-18(2)28-24(23)29-15-14-20-6-4-5-7-22(20)17-29/h4-13,27H,3,14-17H2,1-2H3,(H,26,30). The molecule has 0 unspecified atom stereocenters. The van der Waals surface area contributed by atoms with Gasteiger partial charge in [0.25, 0.3) is 5.91 Å². The average molecular weight is 465 g/mol. The van der Waals surface area contributed by atoms with Crippen LogP contribution in [0.25, 0.3) is 0 Å². The fourth-order valence-corrected chi connectivity index (χ4v) is 5.11. The van der Waals surface area contributed by atoms with Crippen molar-refractivity contribution in [3.63, 3.8) is 0 Å². The topological polar surface area (TPSA) is 91.4 Å². The van der Waals surface area contributed by atoms with Crippen molar-refractivity contribution in [1.29, 1.82) is 0 Å². The molecular formula is C25H28N4O3S. The third kappa shape index (κ3) is 5.23. The zero-order chi connectivity index (χ0) is 23.4. The van der Waals surface area contributed by atoms with Crippen molar-refractivity contribution in [2.75, 3.05) is 18.0 Å². The highest BCUT2D eigenvalue weighted by atomic mass is 32.2. The molecule has 2 heterocycles. The van der Waals surface area contributed by atoms with E-state index in [1.54, 1.807) is 36.4 Å². The molecule has 33 heavy (non-hydrogen) atoms. The number of fused-ring (bicyclic) bond motifs is 1. The van der Waals surface area contributed by atoms with E-state index in [-0.39, 0.29) is 17.3 Å². The van der Waals surface area contributed by atoms with E-state index >= 15 is 0 Å². The summed E-state index contributed by atoms with van der Waals surface area (Å²) in [5, 5.41) is 2.75. The van der Waals surface area contributed by atoms with Crippen LogP contribution in [0.4, 0.5) is 5.82 Å². The number of amides is 1. The number of pyridine rings is 1. The Kier molecular flexibility index (Phi) is 6.76. The Labute approximate surface area is 194 Å². The van der Waals surface area contributed by atoms with Crippen molar-refractivity contribution in [3.05, 3.63) is 88.6 Å². The fourth-order valence-electron chi connectivity index (χ4n) is 3.94. The zero-order valence-corrected chi connectivity index (χ0v) is 19.7. The minimum Gasteiger partial charge on any atom is -0.352 e. The summed E-state index contributed by atoms with van der Waals surface area (Å²) < 4.78 is 29.2. The van der Waals surface area contributed by atoms with Crippen molar-refractivity contribution in [2.24, 2.45) is 0 Å². The van der Waals surface area contributed by atoms with E-state index in [0.29, 0.717) is 31.0 Å². The molecule has 0 radical (unpaired) electrons. The molecule has 2 N–H and O–H groups in total. The highest BCUT2D eigenvalue weighted by Gasteiger charge is 2.26. The molecule has 1 aromatic heterocycles. The second kappa shape index (κ2) is 9.72. The lowest BCUT2D eigenvalue weighted by atomic mass is 10.00. The minimum atomic E-state index is -3.80. The normalized spacial score (nSPS) is 13.5. The average Bonchev–Trinajstić information content (AvgIpc) is 2.83. The molecule has 1 amide bonds. The van der Waals surface area contributed by atoms with Crippen LogP contribution in [0.15, 0.2) is 65.6 Å². The van der Waals surface area contributed by atoms with Crippen LogP contribution in [0.5, 0.6) is 0 Å². The second-order valence-corrected chi connectivity index (χ2v) is 9.83. The molecule has 8 heteroatoms. The zero-order valence-electron chi connectivity index (χ0n) is 18.8.